The molecule has 1 unspecified atom stereocenters. The van der Waals surface area contributed by atoms with Gasteiger partial charge >= 0.3 is 0 Å². The molecule has 2 nitrogen and oxygen atoms in total. The molecule has 1 N–H and O–H groups in total. The van der Waals surface area contributed by atoms with Crippen molar-refractivity contribution in [2.24, 2.45) is 5.92 Å². The first-order chi connectivity index (χ1) is 8.10. The Kier molecular flexibility index (Phi) is 5.42. The first-order valence-corrected chi connectivity index (χ1v) is 6.08. The number of nitrogens with one attached hydrogen (secondary N) is 1. The van der Waals surface area contributed by atoms with E-state index in [0.29, 0.717) is 11.8 Å². The molecule has 17 heavy (non-hydrogen) atoms. The summed E-state index contributed by atoms with van der Waals surface area (Å²) in [6.45, 7) is 5.23. The van der Waals surface area contributed by atoms with E-state index >= 15 is 0 Å². The highest BCUT2D eigenvalue weighted by atomic mass is 19.1. The first-order valence-electron chi connectivity index (χ1n) is 6.08. The Labute approximate surface area is 103 Å². The first kappa shape index (κ1) is 14.0. The summed E-state index contributed by atoms with van der Waals surface area (Å²) >= 11 is 0. The molecular weight excluding hydrogens is 217 g/mol. The predicted octanol–water partition coefficient (Wildman–Crippen LogP) is 3.18. The van der Waals surface area contributed by atoms with E-state index in [0.717, 1.165) is 24.3 Å². The molecule has 3 heteroatoms. The van der Waals surface area contributed by atoms with Gasteiger partial charge in [0, 0.05) is 5.56 Å². The molecule has 1 aromatic carbocycles. The molecule has 0 saturated carbocycles. The van der Waals surface area contributed by atoms with Crippen LogP contribution in [-0.4, -0.2) is 20.7 Å². The maximum atomic E-state index is 13.4. The number of ether oxygens (including phenoxy) is 1. The van der Waals surface area contributed by atoms with Crippen molar-refractivity contribution in [1.29, 1.82) is 0 Å². The molecule has 1 rings (SSSR count). The third-order valence-electron chi connectivity index (χ3n) is 3.10. The fourth-order valence-electron chi connectivity index (χ4n) is 2.14. The highest BCUT2D eigenvalue weighted by molar-refractivity contribution is 5.37. The molecule has 0 aliphatic rings. The third kappa shape index (κ3) is 3.70. The standard InChI is InChI=1S/C14H22FNO/c1-10(2)12(7-8-16-3)13-9-11(15)5-6-14(13)17-4/h5-6,9-10,12,16H,7-8H2,1-4H3. The molecule has 0 aliphatic carbocycles. The zero-order valence-corrected chi connectivity index (χ0v) is 11.1. The molecule has 0 radical (unpaired) electrons. The topological polar surface area (TPSA) is 21.3 Å². The second kappa shape index (κ2) is 6.60. The zero-order chi connectivity index (χ0) is 12.8. The quantitative estimate of drug-likeness (QED) is 0.823. The van der Waals surface area contributed by atoms with E-state index < -0.39 is 0 Å². The number of benzene rings is 1. The van der Waals surface area contributed by atoms with Crippen molar-refractivity contribution in [3.05, 3.63) is 29.6 Å². The molecule has 0 fully saturated rings. The van der Waals surface area contributed by atoms with Crippen molar-refractivity contribution in [3.63, 3.8) is 0 Å². The van der Waals surface area contributed by atoms with Crippen molar-refractivity contribution in [1.82, 2.24) is 5.32 Å². The fourth-order valence-corrected chi connectivity index (χ4v) is 2.14. The van der Waals surface area contributed by atoms with E-state index in [1.54, 1.807) is 19.2 Å². The summed E-state index contributed by atoms with van der Waals surface area (Å²) < 4.78 is 18.7. The number of rotatable bonds is 6. The van der Waals surface area contributed by atoms with Crippen molar-refractivity contribution < 1.29 is 9.13 Å². The van der Waals surface area contributed by atoms with Crippen LogP contribution in [0.3, 0.4) is 0 Å². The Hall–Kier alpha value is -1.09. The van der Waals surface area contributed by atoms with Crippen LogP contribution in [-0.2, 0) is 0 Å². The van der Waals surface area contributed by atoms with Crippen LogP contribution in [0.5, 0.6) is 5.75 Å². The Bertz CT molecular complexity index is 352. The monoisotopic (exact) mass is 239 g/mol. The minimum Gasteiger partial charge on any atom is -0.496 e. The zero-order valence-electron chi connectivity index (χ0n) is 11.1. The van der Waals surface area contributed by atoms with E-state index in [9.17, 15) is 4.39 Å². The maximum absolute atomic E-state index is 13.4. The van der Waals surface area contributed by atoms with Gasteiger partial charge in [0.1, 0.15) is 11.6 Å². The Balaban J connectivity index is 3.02. The summed E-state index contributed by atoms with van der Waals surface area (Å²) in [6.07, 6.45) is 0.980. The summed E-state index contributed by atoms with van der Waals surface area (Å²) in [7, 11) is 3.56. The highest BCUT2D eigenvalue weighted by Crippen LogP contribution is 2.34. The van der Waals surface area contributed by atoms with Gasteiger partial charge in [-0.2, -0.15) is 0 Å². The average Bonchev–Trinajstić information content (AvgIpc) is 2.29. The molecule has 0 saturated heterocycles. The highest BCUT2D eigenvalue weighted by Gasteiger charge is 2.19. The summed E-state index contributed by atoms with van der Waals surface area (Å²) in [6, 6.07) is 4.75. The molecule has 0 bridgehead atoms. The normalized spacial score (nSPS) is 12.8. The minimum absolute atomic E-state index is 0.198. The van der Waals surface area contributed by atoms with Crippen LogP contribution in [0.2, 0.25) is 0 Å². The van der Waals surface area contributed by atoms with Gasteiger partial charge in [-0.3, -0.25) is 0 Å². The molecule has 0 spiro atoms. The predicted molar refractivity (Wildman–Crippen MR) is 69.1 cm³/mol. The molecule has 0 amide bonds. The summed E-state index contributed by atoms with van der Waals surface area (Å²) in [5.74, 6) is 1.35. The largest absolute Gasteiger partial charge is 0.496 e. The summed E-state index contributed by atoms with van der Waals surface area (Å²) in [5, 5.41) is 3.14. The third-order valence-corrected chi connectivity index (χ3v) is 3.10. The SMILES string of the molecule is CNCCC(c1cc(F)ccc1OC)C(C)C. The van der Waals surface area contributed by atoms with E-state index in [2.05, 4.69) is 19.2 Å². The average molecular weight is 239 g/mol. The van der Waals surface area contributed by atoms with Gasteiger partial charge in [0.15, 0.2) is 0 Å². The van der Waals surface area contributed by atoms with E-state index in [4.69, 9.17) is 4.74 Å². The second-order valence-corrected chi connectivity index (χ2v) is 4.63. The summed E-state index contributed by atoms with van der Waals surface area (Å²) in [4.78, 5) is 0. The van der Waals surface area contributed by atoms with Crippen LogP contribution in [0.1, 0.15) is 31.7 Å². The van der Waals surface area contributed by atoms with Crippen molar-refractivity contribution >= 4 is 0 Å². The maximum Gasteiger partial charge on any atom is 0.123 e. The van der Waals surface area contributed by atoms with Crippen LogP contribution < -0.4 is 10.1 Å². The van der Waals surface area contributed by atoms with Gasteiger partial charge in [0.05, 0.1) is 7.11 Å². The van der Waals surface area contributed by atoms with E-state index in [1.807, 2.05) is 7.05 Å². The Morgan fingerprint density at radius 1 is 1.35 bits per heavy atom. The molecule has 0 aliphatic heterocycles. The minimum atomic E-state index is -0.198. The van der Waals surface area contributed by atoms with Gasteiger partial charge in [-0.05, 0) is 50.0 Å². The van der Waals surface area contributed by atoms with Crippen LogP contribution in [0.15, 0.2) is 18.2 Å². The fraction of sp³-hybridized carbons (Fsp3) is 0.571. The number of hydrogen-bond donors (Lipinski definition) is 1. The van der Waals surface area contributed by atoms with Crippen LogP contribution in [0, 0.1) is 11.7 Å². The molecule has 1 aromatic rings. The van der Waals surface area contributed by atoms with Crippen LogP contribution >= 0.6 is 0 Å². The lowest BCUT2D eigenvalue weighted by atomic mass is 9.85. The van der Waals surface area contributed by atoms with E-state index in [1.165, 1.54) is 6.07 Å². The van der Waals surface area contributed by atoms with Gasteiger partial charge in [-0.1, -0.05) is 13.8 Å². The number of hydrogen-bond acceptors (Lipinski definition) is 2. The van der Waals surface area contributed by atoms with Crippen molar-refractivity contribution in [2.75, 3.05) is 20.7 Å². The smallest absolute Gasteiger partial charge is 0.123 e. The van der Waals surface area contributed by atoms with Gasteiger partial charge in [0.25, 0.3) is 0 Å². The lowest BCUT2D eigenvalue weighted by molar-refractivity contribution is 0.386. The molecule has 0 aromatic heterocycles. The number of halogens is 1. The van der Waals surface area contributed by atoms with Gasteiger partial charge < -0.3 is 10.1 Å². The number of methoxy groups -OCH3 is 1. The van der Waals surface area contributed by atoms with E-state index in [-0.39, 0.29) is 5.82 Å². The molecule has 96 valence electrons. The van der Waals surface area contributed by atoms with Gasteiger partial charge in [-0.15, -0.1) is 0 Å². The van der Waals surface area contributed by atoms with Crippen LogP contribution in [0.4, 0.5) is 4.39 Å². The lowest BCUT2D eigenvalue weighted by Crippen LogP contribution is -2.16. The second-order valence-electron chi connectivity index (χ2n) is 4.63. The lowest BCUT2D eigenvalue weighted by Gasteiger charge is -2.23. The Morgan fingerprint density at radius 3 is 2.59 bits per heavy atom. The van der Waals surface area contributed by atoms with Crippen molar-refractivity contribution in [2.45, 2.75) is 26.2 Å². The Morgan fingerprint density at radius 2 is 2.06 bits per heavy atom. The van der Waals surface area contributed by atoms with Crippen molar-refractivity contribution in [3.8, 4) is 5.75 Å². The summed E-state index contributed by atoms with van der Waals surface area (Å²) in [5.41, 5.74) is 0.970. The molecular formula is C14H22FNO. The van der Waals surface area contributed by atoms with Crippen LogP contribution in [0.25, 0.3) is 0 Å². The van der Waals surface area contributed by atoms with Gasteiger partial charge in [0.2, 0.25) is 0 Å². The molecule has 1 atom stereocenters. The van der Waals surface area contributed by atoms with Gasteiger partial charge in [-0.25, -0.2) is 4.39 Å². The molecule has 0 heterocycles.